The largest absolute Gasteiger partial charge is 0.458 e. The molecule has 20 heavy (non-hydrogen) atoms. The van der Waals surface area contributed by atoms with Crippen molar-refractivity contribution in [1.82, 2.24) is 4.90 Å². The minimum absolute atomic E-state index is 0.117. The van der Waals surface area contributed by atoms with Crippen LogP contribution in [-0.4, -0.2) is 36.6 Å². The number of benzene rings is 1. The van der Waals surface area contributed by atoms with Crippen molar-refractivity contribution in [2.75, 3.05) is 19.6 Å². The summed E-state index contributed by atoms with van der Waals surface area (Å²) in [4.78, 5) is 14.8. The Morgan fingerprint density at radius 3 is 2.35 bits per heavy atom. The maximum absolute atomic E-state index is 12.3. The highest BCUT2D eigenvalue weighted by atomic mass is 35.5. The maximum atomic E-state index is 12.3. The molecule has 0 aromatic heterocycles. The second kappa shape index (κ2) is 4.74. The summed E-state index contributed by atoms with van der Waals surface area (Å²) in [6.45, 7) is 3.46. The highest BCUT2D eigenvalue weighted by Crippen LogP contribution is 2.44. The van der Waals surface area contributed by atoms with Crippen LogP contribution in [0.1, 0.15) is 23.2 Å². The fourth-order valence-corrected chi connectivity index (χ4v) is 4.46. The number of hydrogen-bond donors (Lipinski definition) is 0. The zero-order chi connectivity index (χ0) is 13.7. The molecule has 5 atom stereocenters. The first-order chi connectivity index (χ1) is 9.69. The predicted molar refractivity (Wildman–Crippen MR) is 76.8 cm³/mol. The molecule has 1 saturated carbocycles. The number of esters is 1. The van der Waals surface area contributed by atoms with E-state index in [1.807, 2.05) is 0 Å². The maximum Gasteiger partial charge on any atom is 0.338 e. The average Bonchev–Trinajstić information content (AvgIpc) is 2.42. The van der Waals surface area contributed by atoms with Gasteiger partial charge < -0.3 is 9.64 Å². The Hall–Kier alpha value is -1.06. The molecule has 0 radical (unpaired) electrons. The van der Waals surface area contributed by atoms with E-state index in [9.17, 15) is 4.79 Å². The van der Waals surface area contributed by atoms with Gasteiger partial charge in [-0.25, -0.2) is 4.79 Å². The normalized spacial score (nSPS) is 38.0. The van der Waals surface area contributed by atoms with Crippen molar-refractivity contribution in [3.05, 3.63) is 34.9 Å². The average molecular weight is 292 g/mol. The Morgan fingerprint density at radius 1 is 1.10 bits per heavy atom. The minimum atomic E-state index is -0.200. The van der Waals surface area contributed by atoms with Gasteiger partial charge in [-0.05, 0) is 43.0 Å². The van der Waals surface area contributed by atoms with E-state index in [2.05, 4.69) is 4.90 Å². The lowest BCUT2D eigenvalue weighted by atomic mass is 9.66. The molecule has 3 unspecified atom stereocenters. The number of rotatable bonds is 2. The van der Waals surface area contributed by atoms with Crippen molar-refractivity contribution < 1.29 is 9.53 Å². The number of carbonyl (C=O) groups excluding carboxylic acids is 1. The lowest BCUT2D eigenvalue weighted by molar-refractivity contribution is -0.116. The van der Waals surface area contributed by atoms with E-state index in [0.29, 0.717) is 22.4 Å². The SMILES string of the molecule is O=C(OC1[C@@H]2CC3C[C@H]1CN(C3)C2)c1ccc(Cl)cc1. The molecule has 0 N–H and O–H groups in total. The molecule has 4 aliphatic rings. The van der Waals surface area contributed by atoms with Gasteiger partial charge in [-0.1, -0.05) is 11.6 Å². The summed E-state index contributed by atoms with van der Waals surface area (Å²) in [6.07, 6.45) is 2.57. The molecular weight excluding hydrogens is 274 g/mol. The first kappa shape index (κ1) is 12.7. The van der Waals surface area contributed by atoms with Crippen LogP contribution >= 0.6 is 11.6 Å². The van der Waals surface area contributed by atoms with E-state index in [-0.39, 0.29) is 12.1 Å². The second-order valence-corrected chi connectivity index (χ2v) is 6.89. The summed E-state index contributed by atoms with van der Waals surface area (Å²) in [7, 11) is 0. The molecule has 3 heterocycles. The molecule has 0 amide bonds. The monoisotopic (exact) mass is 291 g/mol. The van der Waals surface area contributed by atoms with Crippen LogP contribution in [0.5, 0.6) is 0 Å². The van der Waals surface area contributed by atoms with E-state index < -0.39 is 0 Å². The molecule has 5 rings (SSSR count). The molecular formula is C16H18ClNO2. The Bertz CT molecular complexity index is 500. The summed E-state index contributed by atoms with van der Waals surface area (Å²) in [6, 6.07) is 6.95. The van der Waals surface area contributed by atoms with Gasteiger partial charge in [0.25, 0.3) is 0 Å². The standard InChI is InChI=1S/C16H18ClNO2/c17-14-3-1-11(2-4-14)16(19)20-15-12-5-10-6-13(15)9-18(7-10)8-12/h1-4,10,12-13,15H,5-9H2/t10?,12-,13+,15?. The number of hydrogen-bond acceptors (Lipinski definition) is 3. The Labute approximate surface area is 123 Å². The van der Waals surface area contributed by atoms with Gasteiger partial charge >= 0.3 is 5.97 Å². The Balaban J connectivity index is 1.49. The van der Waals surface area contributed by atoms with Gasteiger partial charge in [0, 0.05) is 36.5 Å². The lowest BCUT2D eigenvalue weighted by Crippen LogP contribution is -2.60. The number of piperidine rings is 3. The Morgan fingerprint density at radius 2 is 1.75 bits per heavy atom. The molecule has 0 spiro atoms. The number of nitrogens with zero attached hydrogens (tertiary/aromatic N) is 1. The van der Waals surface area contributed by atoms with Gasteiger partial charge in [0.05, 0.1) is 5.56 Å². The summed E-state index contributed by atoms with van der Waals surface area (Å²) in [5, 5.41) is 0.643. The fourth-order valence-electron chi connectivity index (χ4n) is 4.33. The third-order valence-corrected chi connectivity index (χ3v) is 5.28. The first-order valence-corrected chi connectivity index (χ1v) is 7.76. The van der Waals surface area contributed by atoms with Crippen LogP contribution in [0, 0.1) is 17.8 Å². The fraction of sp³-hybridized carbons (Fsp3) is 0.562. The molecule has 1 aromatic rings. The van der Waals surface area contributed by atoms with Crippen LogP contribution in [-0.2, 0) is 4.74 Å². The van der Waals surface area contributed by atoms with E-state index in [0.717, 1.165) is 19.0 Å². The topological polar surface area (TPSA) is 29.5 Å². The molecule has 3 saturated heterocycles. The van der Waals surface area contributed by atoms with E-state index in [4.69, 9.17) is 16.3 Å². The van der Waals surface area contributed by atoms with Crippen LogP contribution in [0.15, 0.2) is 24.3 Å². The van der Waals surface area contributed by atoms with E-state index in [1.165, 1.54) is 19.4 Å². The van der Waals surface area contributed by atoms with Gasteiger partial charge in [0.15, 0.2) is 0 Å². The zero-order valence-electron chi connectivity index (χ0n) is 11.3. The number of halogens is 1. The quantitative estimate of drug-likeness (QED) is 0.785. The van der Waals surface area contributed by atoms with Crippen molar-refractivity contribution in [2.24, 2.45) is 17.8 Å². The molecule has 106 valence electrons. The van der Waals surface area contributed by atoms with Crippen LogP contribution in [0.4, 0.5) is 0 Å². The van der Waals surface area contributed by atoms with Crippen molar-refractivity contribution in [3.63, 3.8) is 0 Å². The zero-order valence-corrected chi connectivity index (χ0v) is 12.1. The molecule has 4 heteroatoms. The minimum Gasteiger partial charge on any atom is -0.458 e. The lowest BCUT2D eigenvalue weighted by Gasteiger charge is -2.55. The smallest absolute Gasteiger partial charge is 0.338 e. The van der Waals surface area contributed by atoms with Crippen molar-refractivity contribution in [1.29, 1.82) is 0 Å². The van der Waals surface area contributed by atoms with Gasteiger partial charge in [-0.2, -0.15) is 0 Å². The third-order valence-electron chi connectivity index (χ3n) is 5.03. The highest BCUT2D eigenvalue weighted by Gasteiger charge is 2.49. The third kappa shape index (κ3) is 2.13. The van der Waals surface area contributed by atoms with Crippen LogP contribution in [0.2, 0.25) is 5.02 Å². The number of ether oxygens (including phenoxy) is 1. The molecule has 4 fully saturated rings. The second-order valence-electron chi connectivity index (χ2n) is 6.45. The number of carbonyl (C=O) groups is 1. The van der Waals surface area contributed by atoms with Crippen LogP contribution in [0.3, 0.4) is 0 Å². The van der Waals surface area contributed by atoms with Gasteiger partial charge in [-0.3, -0.25) is 0 Å². The van der Waals surface area contributed by atoms with Crippen LogP contribution < -0.4 is 0 Å². The summed E-state index contributed by atoms with van der Waals surface area (Å²) >= 11 is 5.85. The first-order valence-electron chi connectivity index (χ1n) is 7.38. The highest BCUT2D eigenvalue weighted by molar-refractivity contribution is 6.30. The van der Waals surface area contributed by atoms with E-state index in [1.54, 1.807) is 24.3 Å². The van der Waals surface area contributed by atoms with Gasteiger partial charge in [0.1, 0.15) is 6.10 Å². The van der Waals surface area contributed by atoms with Crippen LogP contribution in [0.25, 0.3) is 0 Å². The molecule has 3 aliphatic heterocycles. The Kier molecular flexibility index (Phi) is 3.00. The molecule has 3 nitrogen and oxygen atoms in total. The predicted octanol–water partition coefficient (Wildman–Crippen LogP) is 2.84. The molecule has 1 aliphatic carbocycles. The molecule has 1 aromatic carbocycles. The van der Waals surface area contributed by atoms with E-state index >= 15 is 0 Å². The van der Waals surface area contributed by atoms with Gasteiger partial charge in [0.2, 0.25) is 0 Å². The summed E-state index contributed by atoms with van der Waals surface area (Å²) in [5.41, 5.74) is 0.600. The summed E-state index contributed by atoms with van der Waals surface area (Å²) < 4.78 is 5.84. The van der Waals surface area contributed by atoms with Crippen molar-refractivity contribution in [3.8, 4) is 0 Å². The van der Waals surface area contributed by atoms with Crippen molar-refractivity contribution >= 4 is 17.6 Å². The van der Waals surface area contributed by atoms with Gasteiger partial charge in [-0.15, -0.1) is 0 Å². The molecule has 4 bridgehead atoms. The summed E-state index contributed by atoms with van der Waals surface area (Å²) in [5.74, 6) is 1.71. The van der Waals surface area contributed by atoms with Crippen molar-refractivity contribution in [2.45, 2.75) is 18.9 Å².